The van der Waals surface area contributed by atoms with Crippen LogP contribution in [0.3, 0.4) is 0 Å². The molecule has 0 bridgehead atoms. The van der Waals surface area contributed by atoms with Gasteiger partial charge in [0.1, 0.15) is 5.82 Å². The molecule has 2 N–H and O–H groups in total. The van der Waals surface area contributed by atoms with Gasteiger partial charge in [0.15, 0.2) is 0 Å². The minimum absolute atomic E-state index is 0.624. The second kappa shape index (κ2) is 4.57. The topological polar surface area (TPSA) is 55.0 Å². The fraction of sp³-hybridized carbons (Fsp3) is 0.385. The summed E-state index contributed by atoms with van der Waals surface area (Å²) in [5.74, 6) is 0.855. The first-order valence-electron chi connectivity index (χ1n) is 6.14. The van der Waals surface area contributed by atoms with Crippen molar-refractivity contribution >= 4 is 22.4 Å². The van der Waals surface area contributed by atoms with Crippen LogP contribution in [-0.2, 0) is 6.54 Å². The van der Waals surface area contributed by atoms with E-state index in [1.807, 2.05) is 25.1 Å². The molecule has 18 heavy (non-hydrogen) atoms. The van der Waals surface area contributed by atoms with Crippen LogP contribution in [0.2, 0.25) is 0 Å². The molecular weight excluding hydrogens is 244 g/mol. The van der Waals surface area contributed by atoms with E-state index in [0.29, 0.717) is 6.04 Å². The van der Waals surface area contributed by atoms with E-state index in [1.165, 1.54) is 29.9 Å². The van der Waals surface area contributed by atoms with Crippen LogP contribution in [0.5, 0.6) is 0 Å². The molecule has 0 aliphatic heterocycles. The maximum atomic E-state index is 5.82. The van der Waals surface area contributed by atoms with E-state index >= 15 is 0 Å². The molecular formula is C13H16N4S. The van der Waals surface area contributed by atoms with Crippen molar-refractivity contribution in [1.82, 2.24) is 9.36 Å². The van der Waals surface area contributed by atoms with Crippen LogP contribution < -0.4 is 10.6 Å². The molecule has 1 fully saturated rings. The standard InChI is InChI=1S/C13H16N4S/c1-9-15-13(18-16-9)17(12-5-6-12)8-10-3-2-4-11(14)7-10/h2-4,7,12H,5-6,8,14H2,1H3. The monoisotopic (exact) mass is 260 g/mol. The Morgan fingerprint density at radius 3 is 2.89 bits per heavy atom. The maximum Gasteiger partial charge on any atom is 0.205 e. The van der Waals surface area contributed by atoms with E-state index in [2.05, 4.69) is 20.3 Å². The number of aromatic nitrogens is 2. The van der Waals surface area contributed by atoms with Crippen molar-refractivity contribution in [3.8, 4) is 0 Å². The Kier molecular flexibility index (Phi) is 2.91. The summed E-state index contributed by atoms with van der Waals surface area (Å²) in [5.41, 5.74) is 7.87. The van der Waals surface area contributed by atoms with Crippen molar-refractivity contribution in [3.63, 3.8) is 0 Å². The third-order valence-electron chi connectivity index (χ3n) is 3.05. The highest BCUT2D eigenvalue weighted by atomic mass is 32.1. The van der Waals surface area contributed by atoms with Crippen LogP contribution in [0.1, 0.15) is 24.2 Å². The van der Waals surface area contributed by atoms with E-state index in [-0.39, 0.29) is 0 Å². The lowest BCUT2D eigenvalue weighted by atomic mass is 10.2. The van der Waals surface area contributed by atoms with Crippen LogP contribution in [0.4, 0.5) is 10.8 Å². The van der Waals surface area contributed by atoms with Gasteiger partial charge in [0.25, 0.3) is 0 Å². The molecule has 0 spiro atoms. The number of hydrogen-bond donors (Lipinski definition) is 1. The molecule has 1 aliphatic carbocycles. The minimum atomic E-state index is 0.624. The first kappa shape index (κ1) is 11.5. The highest BCUT2D eigenvalue weighted by Gasteiger charge is 2.31. The van der Waals surface area contributed by atoms with Gasteiger partial charge in [0.05, 0.1) is 0 Å². The lowest BCUT2D eigenvalue weighted by molar-refractivity contribution is 0.788. The molecule has 2 aromatic rings. The zero-order valence-corrected chi connectivity index (χ0v) is 11.2. The average molecular weight is 260 g/mol. The van der Waals surface area contributed by atoms with Crippen molar-refractivity contribution in [2.75, 3.05) is 10.6 Å². The second-order valence-corrected chi connectivity index (χ2v) is 5.46. The van der Waals surface area contributed by atoms with Gasteiger partial charge in [-0.2, -0.15) is 4.37 Å². The fourth-order valence-corrected chi connectivity index (χ4v) is 2.78. The van der Waals surface area contributed by atoms with E-state index < -0.39 is 0 Å². The van der Waals surface area contributed by atoms with Gasteiger partial charge in [-0.15, -0.1) is 0 Å². The molecule has 0 atom stereocenters. The number of nitrogens with zero attached hydrogens (tertiary/aromatic N) is 3. The summed E-state index contributed by atoms with van der Waals surface area (Å²) in [5, 5.41) is 1.03. The second-order valence-electron chi connectivity index (χ2n) is 4.73. The number of rotatable bonds is 4. The van der Waals surface area contributed by atoms with Gasteiger partial charge in [0.2, 0.25) is 5.13 Å². The van der Waals surface area contributed by atoms with E-state index in [0.717, 1.165) is 23.2 Å². The molecule has 1 aliphatic rings. The number of aryl methyl sites for hydroxylation is 1. The number of anilines is 2. The maximum absolute atomic E-state index is 5.82. The summed E-state index contributed by atoms with van der Waals surface area (Å²) >= 11 is 1.48. The van der Waals surface area contributed by atoms with Crippen molar-refractivity contribution in [1.29, 1.82) is 0 Å². The summed E-state index contributed by atoms with van der Waals surface area (Å²) in [7, 11) is 0. The Balaban J connectivity index is 1.83. The molecule has 5 heteroatoms. The van der Waals surface area contributed by atoms with E-state index in [1.54, 1.807) is 0 Å². The molecule has 0 radical (unpaired) electrons. The van der Waals surface area contributed by atoms with Crippen LogP contribution in [0.15, 0.2) is 24.3 Å². The van der Waals surface area contributed by atoms with Gasteiger partial charge in [0, 0.05) is 29.8 Å². The molecule has 1 heterocycles. The summed E-state index contributed by atoms with van der Waals surface area (Å²) in [4.78, 5) is 6.84. The van der Waals surface area contributed by atoms with Crippen molar-refractivity contribution in [2.45, 2.75) is 32.4 Å². The van der Waals surface area contributed by atoms with Crippen molar-refractivity contribution in [2.24, 2.45) is 0 Å². The van der Waals surface area contributed by atoms with Gasteiger partial charge in [-0.25, -0.2) is 4.98 Å². The smallest absolute Gasteiger partial charge is 0.205 e. The lowest BCUT2D eigenvalue weighted by Crippen LogP contribution is -2.24. The van der Waals surface area contributed by atoms with Gasteiger partial charge >= 0.3 is 0 Å². The minimum Gasteiger partial charge on any atom is -0.399 e. The van der Waals surface area contributed by atoms with Gasteiger partial charge < -0.3 is 10.6 Å². The Morgan fingerprint density at radius 2 is 2.28 bits per heavy atom. The van der Waals surface area contributed by atoms with Crippen molar-refractivity contribution < 1.29 is 0 Å². The Hall–Kier alpha value is -1.62. The molecule has 1 saturated carbocycles. The van der Waals surface area contributed by atoms with Crippen LogP contribution in [0, 0.1) is 6.92 Å². The van der Waals surface area contributed by atoms with Crippen molar-refractivity contribution in [3.05, 3.63) is 35.7 Å². The predicted octanol–water partition coefficient (Wildman–Crippen LogP) is 2.60. The number of nitrogens with two attached hydrogens (primary N) is 1. The Morgan fingerprint density at radius 1 is 1.44 bits per heavy atom. The molecule has 94 valence electrons. The van der Waals surface area contributed by atoms with Crippen LogP contribution in [0.25, 0.3) is 0 Å². The van der Waals surface area contributed by atoms with Gasteiger partial charge in [-0.1, -0.05) is 12.1 Å². The number of benzene rings is 1. The zero-order valence-electron chi connectivity index (χ0n) is 10.3. The first-order chi connectivity index (χ1) is 8.72. The quantitative estimate of drug-likeness (QED) is 0.859. The largest absolute Gasteiger partial charge is 0.399 e. The highest BCUT2D eigenvalue weighted by molar-refractivity contribution is 7.09. The normalized spacial score (nSPS) is 14.7. The third kappa shape index (κ3) is 2.46. The Labute approximate surface area is 111 Å². The molecule has 3 rings (SSSR count). The van der Waals surface area contributed by atoms with Gasteiger partial charge in [-0.3, -0.25) is 0 Å². The van der Waals surface area contributed by atoms with Crippen LogP contribution in [-0.4, -0.2) is 15.4 Å². The average Bonchev–Trinajstić information content (AvgIpc) is 3.09. The molecule has 0 saturated heterocycles. The lowest BCUT2D eigenvalue weighted by Gasteiger charge is -2.21. The summed E-state index contributed by atoms with van der Waals surface area (Å²) in [6.07, 6.45) is 2.50. The van der Waals surface area contributed by atoms with E-state index in [9.17, 15) is 0 Å². The number of nitrogen functional groups attached to an aromatic ring is 1. The summed E-state index contributed by atoms with van der Waals surface area (Å²) in [6, 6.07) is 8.68. The first-order valence-corrected chi connectivity index (χ1v) is 6.91. The van der Waals surface area contributed by atoms with Gasteiger partial charge in [-0.05, 0) is 37.5 Å². The Bertz CT molecular complexity index is 547. The van der Waals surface area contributed by atoms with E-state index in [4.69, 9.17) is 5.73 Å². The summed E-state index contributed by atoms with van der Waals surface area (Å²) < 4.78 is 4.27. The number of hydrogen-bond acceptors (Lipinski definition) is 5. The molecule has 0 amide bonds. The predicted molar refractivity (Wildman–Crippen MR) is 74.7 cm³/mol. The SMILES string of the molecule is Cc1nsc(N(Cc2cccc(N)c2)C2CC2)n1. The molecule has 0 unspecified atom stereocenters. The molecule has 4 nitrogen and oxygen atoms in total. The zero-order chi connectivity index (χ0) is 12.5. The third-order valence-corrected chi connectivity index (χ3v) is 3.90. The highest BCUT2D eigenvalue weighted by Crippen LogP contribution is 2.34. The summed E-state index contributed by atoms with van der Waals surface area (Å²) in [6.45, 7) is 2.80. The fourth-order valence-electron chi connectivity index (χ4n) is 2.03. The molecule has 1 aromatic heterocycles. The van der Waals surface area contributed by atoms with Crippen LogP contribution >= 0.6 is 11.5 Å². The molecule has 1 aromatic carbocycles.